The van der Waals surface area contributed by atoms with E-state index in [2.05, 4.69) is 19.9 Å². The van der Waals surface area contributed by atoms with Crippen LogP contribution in [0.15, 0.2) is 71.5 Å². The van der Waals surface area contributed by atoms with Gasteiger partial charge in [-0.3, -0.25) is 14.7 Å². The second kappa shape index (κ2) is 9.98. The van der Waals surface area contributed by atoms with Gasteiger partial charge in [0.15, 0.2) is 0 Å². The van der Waals surface area contributed by atoms with E-state index < -0.39 is 36.5 Å². The topological polar surface area (TPSA) is 100 Å². The van der Waals surface area contributed by atoms with Gasteiger partial charge in [0.1, 0.15) is 28.6 Å². The first-order chi connectivity index (χ1) is 19.9. The predicted molar refractivity (Wildman–Crippen MR) is 143 cm³/mol. The lowest BCUT2D eigenvalue weighted by molar-refractivity contribution is -0.274. The molecule has 0 fully saturated rings. The molecule has 2 aromatic heterocycles. The summed E-state index contributed by atoms with van der Waals surface area (Å²) in [6.45, 7) is -0.131. The molecule has 8 nitrogen and oxygen atoms in total. The van der Waals surface area contributed by atoms with Crippen LogP contribution in [-0.2, 0) is 0 Å². The van der Waals surface area contributed by atoms with Gasteiger partial charge in [-0.2, -0.15) is 5.10 Å². The van der Waals surface area contributed by atoms with Crippen molar-refractivity contribution in [1.29, 1.82) is 0 Å². The summed E-state index contributed by atoms with van der Waals surface area (Å²) in [5.41, 5.74) is 2.45. The number of nitrogens with zero attached hydrogens (tertiary/aromatic N) is 2. The molecule has 1 atom stereocenters. The molecule has 1 unspecified atom stereocenters. The molecule has 1 aliphatic rings. The molecule has 0 saturated heterocycles. The molecule has 216 valence electrons. The molecule has 1 aliphatic heterocycles. The number of ether oxygens (including phenoxy) is 2. The molecule has 14 heteroatoms. The summed E-state index contributed by atoms with van der Waals surface area (Å²) in [7, 11) is 0. The molecule has 5 aromatic rings. The molecule has 3 aromatic carbocycles. The monoisotopic (exact) mass is 602 g/mol. The van der Waals surface area contributed by atoms with Crippen LogP contribution >= 0.6 is 11.3 Å². The van der Waals surface area contributed by atoms with E-state index in [9.17, 15) is 31.5 Å². The maximum absolute atomic E-state index is 14.3. The molecule has 0 saturated carbocycles. The molecular weight excluding hydrogens is 583 g/mol. The lowest BCUT2D eigenvalue weighted by Crippen LogP contribution is -2.38. The summed E-state index contributed by atoms with van der Waals surface area (Å²) in [5, 5.41) is 7.06. The molecule has 3 heterocycles. The van der Waals surface area contributed by atoms with Crippen molar-refractivity contribution in [2.24, 2.45) is 0 Å². The van der Waals surface area contributed by atoms with Crippen LogP contribution in [0.3, 0.4) is 0 Å². The third-order valence-corrected chi connectivity index (χ3v) is 7.43. The van der Waals surface area contributed by atoms with Crippen LogP contribution in [0.5, 0.6) is 17.2 Å². The fraction of sp³-hybridized carbons (Fsp3) is 0.179. The first-order valence-electron chi connectivity index (χ1n) is 12.4. The van der Waals surface area contributed by atoms with E-state index in [1.807, 2.05) is 0 Å². The number of hydrogen-bond acceptors (Lipinski definition) is 6. The number of nitrogens with one attached hydrogen (secondary N) is 2. The third kappa shape index (κ3) is 5.32. The quantitative estimate of drug-likeness (QED) is 0.198. The number of amides is 1. The Labute approximate surface area is 237 Å². The highest BCUT2D eigenvalue weighted by molar-refractivity contribution is 7.17. The number of alkyl halides is 5. The number of aromatic nitrogens is 3. The summed E-state index contributed by atoms with van der Waals surface area (Å²) >= 11 is 0.974. The number of aromatic amines is 2. The summed E-state index contributed by atoms with van der Waals surface area (Å²) in [5.74, 6) is -3.70. The highest BCUT2D eigenvalue weighted by atomic mass is 32.1. The van der Waals surface area contributed by atoms with Gasteiger partial charge >= 0.3 is 11.2 Å². The zero-order chi connectivity index (χ0) is 29.8. The number of fused-ring (bicyclic) bond motifs is 2. The number of carbonyl (C=O) groups is 1. The standard InChI is InChI=1S/C28H19F5N4O4S/c1-27(29,30)13-37-23(14-5-7-15(8-6-14)40-16-9-11-17(12-10-16)41-28(31,32)33)20-21(35-36-22(20)25(37)38)18-3-2-4-19-24(18)42-26(39)34-19/h2-12,23H,13H2,1H3,(H,34,39)(H,35,36). The number of carbonyl (C=O) groups excluding carboxylic acids is 1. The molecule has 0 spiro atoms. The lowest BCUT2D eigenvalue weighted by atomic mass is 9.95. The van der Waals surface area contributed by atoms with Crippen molar-refractivity contribution in [2.75, 3.05) is 6.54 Å². The molecule has 0 aliphatic carbocycles. The van der Waals surface area contributed by atoms with Crippen molar-refractivity contribution in [1.82, 2.24) is 20.1 Å². The van der Waals surface area contributed by atoms with Gasteiger partial charge in [0.2, 0.25) is 0 Å². The number of benzene rings is 3. The fourth-order valence-electron chi connectivity index (χ4n) is 4.93. The predicted octanol–water partition coefficient (Wildman–Crippen LogP) is 6.87. The van der Waals surface area contributed by atoms with Gasteiger partial charge in [0, 0.05) is 18.1 Å². The van der Waals surface area contributed by atoms with E-state index in [1.54, 1.807) is 42.5 Å². The number of rotatable bonds is 7. The van der Waals surface area contributed by atoms with Gasteiger partial charge < -0.3 is 19.4 Å². The van der Waals surface area contributed by atoms with Gasteiger partial charge in [-0.15, -0.1) is 13.2 Å². The van der Waals surface area contributed by atoms with E-state index in [1.165, 1.54) is 12.1 Å². The van der Waals surface area contributed by atoms with Crippen LogP contribution in [0.4, 0.5) is 22.0 Å². The van der Waals surface area contributed by atoms with Crippen molar-refractivity contribution in [3.8, 4) is 28.5 Å². The highest BCUT2D eigenvalue weighted by Gasteiger charge is 2.45. The Kier molecular flexibility index (Phi) is 6.52. The molecule has 1 amide bonds. The average molecular weight is 603 g/mol. The Bertz CT molecular complexity index is 1840. The summed E-state index contributed by atoms with van der Waals surface area (Å²) < 4.78 is 76.0. The molecule has 0 bridgehead atoms. The van der Waals surface area contributed by atoms with Gasteiger partial charge in [0.05, 0.1) is 22.8 Å². The summed E-state index contributed by atoms with van der Waals surface area (Å²) in [6, 6.07) is 15.4. The van der Waals surface area contributed by atoms with E-state index >= 15 is 0 Å². The van der Waals surface area contributed by atoms with Crippen LogP contribution in [0.1, 0.15) is 34.6 Å². The SMILES string of the molecule is CC(F)(F)CN1C(=O)c2[nH]nc(-c3cccc4[nH]c(=O)sc34)c2C1c1ccc(Oc2ccc(OC(F)(F)F)cc2)cc1. The molecular formula is C28H19F5N4O4S. The zero-order valence-electron chi connectivity index (χ0n) is 21.5. The van der Waals surface area contributed by atoms with Crippen LogP contribution < -0.4 is 14.3 Å². The lowest BCUT2D eigenvalue weighted by Gasteiger charge is -2.28. The fourth-order valence-corrected chi connectivity index (χ4v) is 5.78. The van der Waals surface area contributed by atoms with Crippen molar-refractivity contribution in [2.45, 2.75) is 25.3 Å². The van der Waals surface area contributed by atoms with E-state index in [0.29, 0.717) is 38.4 Å². The normalized spacial score (nSPS) is 15.3. The van der Waals surface area contributed by atoms with Crippen LogP contribution in [0.2, 0.25) is 0 Å². The molecule has 6 rings (SSSR count). The minimum absolute atomic E-state index is 0.0700. The minimum Gasteiger partial charge on any atom is -0.457 e. The smallest absolute Gasteiger partial charge is 0.457 e. The van der Waals surface area contributed by atoms with Gasteiger partial charge in [-0.1, -0.05) is 35.6 Å². The Morgan fingerprint density at radius 3 is 2.21 bits per heavy atom. The van der Waals surface area contributed by atoms with Gasteiger partial charge in [-0.05, 0) is 48.0 Å². The zero-order valence-corrected chi connectivity index (χ0v) is 22.3. The van der Waals surface area contributed by atoms with E-state index in [4.69, 9.17) is 4.74 Å². The average Bonchev–Trinajstić information content (AvgIpc) is 3.57. The highest BCUT2D eigenvalue weighted by Crippen LogP contribution is 2.45. The second-order valence-electron chi connectivity index (χ2n) is 9.65. The van der Waals surface area contributed by atoms with Crippen molar-refractivity contribution < 1.29 is 36.2 Å². The van der Waals surface area contributed by atoms with E-state index in [0.717, 1.165) is 35.3 Å². The number of H-pyrrole nitrogens is 2. The van der Waals surface area contributed by atoms with Crippen LogP contribution in [0.25, 0.3) is 21.5 Å². The Balaban J connectivity index is 1.36. The number of halogens is 5. The van der Waals surface area contributed by atoms with Crippen molar-refractivity contribution >= 4 is 27.5 Å². The molecule has 2 N–H and O–H groups in total. The Hall–Kier alpha value is -4.72. The number of hydrogen-bond donors (Lipinski definition) is 2. The minimum atomic E-state index is -4.82. The maximum atomic E-state index is 14.3. The van der Waals surface area contributed by atoms with Gasteiger partial charge in [-0.25, -0.2) is 8.78 Å². The largest absolute Gasteiger partial charge is 0.573 e. The van der Waals surface area contributed by atoms with Crippen LogP contribution in [-0.4, -0.2) is 44.8 Å². The number of thiazole rings is 1. The third-order valence-electron chi connectivity index (χ3n) is 6.50. The molecule has 0 radical (unpaired) electrons. The van der Waals surface area contributed by atoms with Crippen molar-refractivity contribution in [3.63, 3.8) is 0 Å². The van der Waals surface area contributed by atoms with Crippen molar-refractivity contribution in [3.05, 3.63) is 93.2 Å². The van der Waals surface area contributed by atoms with E-state index in [-0.39, 0.29) is 16.3 Å². The first kappa shape index (κ1) is 27.4. The second-order valence-corrected chi connectivity index (χ2v) is 10.6. The Morgan fingerprint density at radius 1 is 0.929 bits per heavy atom. The molecule has 42 heavy (non-hydrogen) atoms. The Morgan fingerprint density at radius 2 is 1.57 bits per heavy atom. The summed E-state index contributed by atoms with van der Waals surface area (Å²) in [6.07, 6.45) is -4.82. The van der Waals surface area contributed by atoms with Crippen LogP contribution in [0, 0.1) is 0 Å². The maximum Gasteiger partial charge on any atom is 0.573 e. The van der Waals surface area contributed by atoms with Gasteiger partial charge in [0.25, 0.3) is 11.8 Å². The summed E-state index contributed by atoms with van der Waals surface area (Å²) in [4.78, 5) is 28.9. The first-order valence-corrected chi connectivity index (χ1v) is 13.2.